The van der Waals surface area contributed by atoms with Crippen molar-refractivity contribution in [1.29, 1.82) is 0 Å². The first-order chi connectivity index (χ1) is 11.7. The molecular formula is C20H24N4. The van der Waals surface area contributed by atoms with Crippen LogP contribution in [0.1, 0.15) is 26.3 Å². The zero-order chi connectivity index (χ0) is 16.9. The van der Waals surface area contributed by atoms with E-state index < -0.39 is 0 Å². The summed E-state index contributed by atoms with van der Waals surface area (Å²) in [5, 5.41) is 4.47. The number of rotatable bonds is 6. The number of aromatic nitrogens is 2. The van der Waals surface area contributed by atoms with Gasteiger partial charge in [-0.3, -0.25) is 4.90 Å². The Morgan fingerprint density at radius 1 is 1.04 bits per heavy atom. The Bertz CT molecular complexity index is 808. The predicted molar refractivity (Wildman–Crippen MR) is 100 cm³/mol. The van der Waals surface area contributed by atoms with Gasteiger partial charge in [-0.15, -0.1) is 0 Å². The molecule has 0 radical (unpaired) electrons. The number of para-hydroxylation sites is 1. The van der Waals surface area contributed by atoms with Crippen LogP contribution in [0.3, 0.4) is 0 Å². The average molecular weight is 320 g/mol. The molecule has 1 N–H and O–H groups in total. The maximum atomic E-state index is 4.40. The molecule has 4 nitrogen and oxygen atoms in total. The van der Waals surface area contributed by atoms with Gasteiger partial charge >= 0.3 is 0 Å². The minimum Gasteiger partial charge on any atom is -0.340 e. The van der Waals surface area contributed by atoms with E-state index in [4.69, 9.17) is 0 Å². The fourth-order valence-corrected chi connectivity index (χ4v) is 2.88. The van der Waals surface area contributed by atoms with E-state index in [-0.39, 0.29) is 0 Å². The fourth-order valence-electron chi connectivity index (χ4n) is 2.88. The topological polar surface area (TPSA) is 41.0 Å². The largest absolute Gasteiger partial charge is 0.340 e. The molecule has 0 bridgehead atoms. The molecular weight excluding hydrogens is 296 g/mol. The van der Waals surface area contributed by atoms with Gasteiger partial charge in [-0.1, -0.05) is 31.2 Å². The molecule has 1 heterocycles. The molecule has 0 aliphatic heterocycles. The molecule has 2 aromatic carbocycles. The monoisotopic (exact) mass is 320 g/mol. The molecule has 0 amide bonds. The molecule has 24 heavy (non-hydrogen) atoms. The summed E-state index contributed by atoms with van der Waals surface area (Å²) in [6, 6.07) is 17.1. The van der Waals surface area contributed by atoms with E-state index >= 15 is 0 Å². The lowest BCUT2D eigenvalue weighted by atomic mass is 10.1. The van der Waals surface area contributed by atoms with E-state index in [0.717, 1.165) is 35.5 Å². The van der Waals surface area contributed by atoms with E-state index in [2.05, 4.69) is 65.2 Å². The van der Waals surface area contributed by atoms with Crippen molar-refractivity contribution < 1.29 is 0 Å². The zero-order valence-corrected chi connectivity index (χ0v) is 14.5. The van der Waals surface area contributed by atoms with Crippen LogP contribution in [-0.4, -0.2) is 27.5 Å². The highest BCUT2D eigenvalue weighted by Gasteiger charge is 2.09. The fraction of sp³-hybridized carbons (Fsp3) is 0.300. The lowest BCUT2D eigenvalue weighted by Gasteiger charge is -2.25. The highest BCUT2D eigenvalue weighted by molar-refractivity contribution is 5.90. The predicted octanol–water partition coefficient (Wildman–Crippen LogP) is 4.60. The van der Waals surface area contributed by atoms with Gasteiger partial charge in [-0.2, -0.15) is 0 Å². The highest BCUT2D eigenvalue weighted by Crippen LogP contribution is 2.23. The zero-order valence-electron chi connectivity index (χ0n) is 14.5. The smallest absolute Gasteiger partial charge is 0.141 e. The molecule has 1 aromatic heterocycles. The third-order valence-corrected chi connectivity index (χ3v) is 4.25. The molecule has 0 aliphatic rings. The van der Waals surface area contributed by atoms with Crippen LogP contribution in [0, 0.1) is 0 Å². The van der Waals surface area contributed by atoms with Gasteiger partial charge in [0.15, 0.2) is 0 Å². The van der Waals surface area contributed by atoms with Crippen molar-refractivity contribution in [1.82, 2.24) is 14.9 Å². The summed E-state index contributed by atoms with van der Waals surface area (Å²) in [6.07, 6.45) is 1.60. The van der Waals surface area contributed by atoms with E-state index in [9.17, 15) is 0 Å². The molecule has 0 unspecified atom stereocenters. The second-order valence-corrected chi connectivity index (χ2v) is 6.22. The van der Waals surface area contributed by atoms with Crippen LogP contribution in [0.2, 0.25) is 0 Å². The van der Waals surface area contributed by atoms with Crippen molar-refractivity contribution in [2.24, 2.45) is 0 Å². The first-order valence-electron chi connectivity index (χ1n) is 8.47. The van der Waals surface area contributed by atoms with E-state index in [1.54, 1.807) is 6.33 Å². The van der Waals surface area contributed by atoms with Crippen LogP contribution >= 0.6 is 0 Å². The van der Waals surface area contributed by atoms with Crippen LogP contribution in [0.25, 0.3) is 10.9 Å². The van der Waals surface area contributed by atoms with Crippen LogP contribution in [-0.2, 0) is 6.54 Å². The summed E-state index contributed by atoms with van der Waals surface area (Å²) < 4.78 is 0. The number of hydrogen-bond donors (Lipinski definition) is 1. The lowest BCUT2D eigenvalue weighted by Crippen LogP contribution is -2.29. The van der Waals surface area contributed by atoms with Crippen molar-refractivity contribution in [2.75, 3.05) is 11.9 Å². The maximum Gasteiger partial charge on any atom is 0.141 e. The van der Waals surface area contributed by atoms with Crippen molar-refractivity contribution in [3.63, 3.8) is 0 Å². The molecule has 0 spiro atoms. The molecule has 0 saturated heterocycles. The van der Waals surface area contributed by atoms with Crippen LogP contribution in [0.4, 0.5) is 11.5 Å². The Balaban J connectivity index is 1.84. The van der Waals surface area contributed by atoms with Gasteiger partial charge in [0, 0.05) is 23.7 Å². The molecule has 0 fully saturated rings. The average Bonchev–Trinajstić information content (AvgIpc) is 2.60. The molecule has 0 aliphatic carbocycles. The van der Waals surface area contributed by atoms with Crippen LogP contribution < -0.4 is 5.32 Å². The highest BCUT2D eigenvalue weighted by atomic mass is 15.1. The molecule has 3 aromatic rings. The second-order valence-electron chi connectivity index (χ2n) is 6.22. The quantitative estimate of drug-likeness (QED) is 0.720. The second kappa shape index (κ2) is 7.41. The Labute approximate surface area is 143 Å². The Morgan fingerprint density at radius 2 is 1.88 bits per heavy atom. The van der Waals surface area contributed by atoms with Gasteiger partial charge in [0.2, 0.25) is 0 Å². The Morgan fingerprint density at radius 3 is 2.67 bits per heavy atom. The van der Waals surface area contributed by atoms with Crippen molar-refractivity contribution in [3.8, 4) is 0 Å². The van der Waals surface area contributed by atoms with Crippen molar-refractivity contribution in [2.45, 2.75) is 33.4 Å². The van der Waals surface area contributed by atoms with Crippen LogP contribution in [0.15, 0.2) is 54.9 Å². The summed E-state index contributed by atoms with van der Waals surface area (Å²) in [7, 11) is 0. The third-order valence-electron chi connectivity index (χ3n) is 4.25. The summed E-state index contributed by atoms with van der Waals surface area (Å²) in [4.78, 5) is 11.2. The van der Waals surface area contributed by atoms with Gasteiger partial charge in [0.1, 0.15) is 12.1 Å². The van der Waals surface area contributed by atoms with Gasteiger partial charge in [0.25, 0.3) is 0 Å². The normalized spacial score (nSPS) is 11.4. The molecule has 124 valence electrons. The molecule has 4 heteroatoms. The summed E-state index contributed by atoms with van der Waals surface area (Å²) in [5.41, 5.74) is 3.30. The molecule has 0 atom stereocenters. The van der Waals surface area contributed by atoms with Gasteiger partial charge in [-0.25, -0.2) is 9.97 Å². The maximum absolute atomic E-state index is 4.40. The van der Waals surface area contributed by atoms with E-state index in [1.165, 1.54) is 5.56 Å². The third kappa shape index (κ3) is 3.71. The SMILES string of the molecule is CCN(Cc1cccc(Nc2ncnc3ccccc23)c1)C(C)C. The van der Waals surface area contributed by atoms with Crippen molar-refractivity contribution in [3.05, 3.63) is 60.4 Å². The number of anilines is 2. The van der Waals surface area contributed by atoms with Crippen molar-refractivity contribution >= 4 is 22.4 Å². The number of hydrogen-bond acceptors (Lipinski definition) is 4. The first kappa shape index (κ1) is 16.4. The number of fused-ring (bicyclic) bond motifs is 1. The van der Waals surface area contributed by atoms with E-state index in [0.29, 0.717) is 6.04 Å². The Kier molecular flexibility index (Phi) is 5.06. The molecule has 3 rings (SSSR count). The van der Waals surface area contributed by atoms with Gasteiger partial charge in [-0.05, 0) is 50.2 Å². The molecule has 0 saturated carbocycles. The number of benzene rings is 2. The number of nitrogens with one attached hydrogen (secondary N) is 1. The summed E-state index contributed by atoms with van der Waals surface area (Å²) in [6.45, 7) is 8.67. The minimum atomic E-state index is 0.539. The standard InChI is InChI=1S/C20H24N4/c1-4-24(15(2)3)13-16-8-7-9-17(12-16)23-20-18-10-5-6-11-19(18)21-14-22-20/h5-12,14-15H,4,13H2,1-3H3,(H,21,22,23). The Hall–Kier alpha value is -2.46. The van der Waals surface area contributed by atoms with Crippen LogP contribution in [0.5, 0.6) is 0 Å². The van der Waals surface area contributed by atoms with Gasteiger partial charge < -0.3 is 5.32 Å². The first-order valence-corrected chi connectivity index (χ1v) is 8.47. The van der Waals surface area contributed by atoms with E-state index in [1.807, 2.05) is 24.3 Å². The lowest BCUT2D eigenvalue weighted by molar-refractivity contribution is 0.225. The summed E-state index contributed by atoms with van der Waals surface area (Å²) >= 11 is 0. The number of nitrogens with zero attached hydrogens (tertiary/aromatic N) is 3. The summed E-state index contributed by atoms with van der Waals surface area (Å²) in [5.74, 6) is 0.842. The van der Waals surface area contributed by atoms with Gasteiger partial charge in [0.05, 0.1) is 5.52 Å². The minimum absolute atomic E-state index is 0.539.